The van der Waals surface area contributed by atoms with E-state index in [4.69, 9.17) is 4.74 Å². The number of nitrogens with one attached hydrogen (secondary N) is 1. The van der Waals surface area contributed by atoms with Crippen LogP contribution in [-0.2, 0) is 11.2 Å². The molecule has 1 aliphatic carbocycles. The summed E-state index contributed by atoms with van der Waals surface area (Å²) in [5.41, 5.74) is 6.33. The highest BCUT2D eigenvalue weighted by Gasteiger charge is 2.18. The van der Waals surface area contributed by atoms with E-state index in [9.17, 15) is 9.59 Å². The van der Waals surface area contributed by atoms with E-state index in [-0.39, 0.29) is 18.3 Å². The Morgan fingerprint density at radius 1 is 0.926 bits per heavy atom. The van der Waals surface area contributed by atoms with Gasteiger partial charge in [0, 0.05) is 11.3 Å². The van der Waals surface area contributed by atoms with E-state index < -0.39 is 0 Å². The molecule has 0 heterocycles. The molecule has 1 amide bonds. The molecule has 4 rings (SSSR count). The summed E-state index contributed by atoms with van der Waals surface area (Å²) < 4.78 is 5.51. The topological polar surface area (TPSA) is 55.4 Å². The Kier molecular flexibility index (Phi) is 4.47. The zero-order valence-corrected chi connectivity index (χ0v) is 15.0. The predicted molar refractivity (Wildman–Crippen MR) is 105 cm³/mol. The van der Waals surface area contributed by atoms with Crippen LogP contribution in [-0.4, -0.2) is 18.3 Å². The molecule has 1 aliphatic rings. The molecule has 3 aromatic carbocycles. The summed E-state index contributed by atoms with van der Waals surface area (Å²) in [6.07, 6.45) is 0.879. The summed E-state index contributed by atoms with van der Waals surface area (Å²) >= 11 is 0. The monoisotopic (exact) mass is 357 g/mol. The van der Waals surface area contributed by atoms with Gasteiger partial charge in [-0.1, -0.05) is 42.5 Å². The molecule has 27 heavy (non-hydrogen) atoms. The molecule has 0 bridgehead atoms. The van der Waals surface area contributed by atoms with Crippen LogP contribution in [0.4, 0.5) is 5.69 Å². The highest BCUT2D eigenvalue weighted by molar-refractivity contribution is 5.95. The standard InChI is InChI=1S/C23H19NO3/c1-15(25)16-6-4-7-20(13-16)27-14-23(26)24-19-9-10-22-18(12-19)11-17-5-2-3-8-21(17)22/h2-10,12-13H,11,14H2,1H3,(H,24,26). The first-order chi connectivity index (χ1) is 13.1. The van der Waals surface area contributed by atoms with Gasteiger partial charge in [-0.25, -0.2) is 0 Å². The third-order valence-electron chi connectivity index (χ3n) is 4.69. The Morgan fingerprint density at radius 3 is 2.59 bits per heavy atom. The van der Waals surface area contributed by atoms with Crippen molar-refractivity contribution in [1.82, 2.24) is 0 Å². The second-order valence-electron chi connectivity index (χ2n) is 6.63. The van der Waals surface area contributed by atoms with Crippen molar-refractivity contribution in [3.63, 3.8) is 0 Å². The zero-order chi connectivity index (χ0) is 18.8. The third-order valence-corrected chi connectivity index (χ3v) is 4.69. The van der Waals surface area contributed by atoms with E-state index in [0.717, 1.165) is 12.1 Å². The number of anilines is 1. The molecule has 0 unspecified atom stereocenters. The summed E-state index contributed by atoms with van der Waals surface area (Å²) in [5.74, 6) is 0.227. The lowest BCUT2D eigenvalue weighted by Gasteiger charge is -2.09. The van der Waals surface area contributed by atoms with Crippen LogP contribution >= 0.6 is 0 Å². The van der Waals surface area contributed by atoms with Gasteiger partial charge >= 0.3 is 0 Å². The van der Waals surface area contributed by atoms with Crippen molar-refractivity contribution in [1.29, 1.82) is 0 Å². The van der Waals surface area contributed by atoms with Crippen LogP contribution in [0.3, 0.4) is 0 Å². The van der Waals surface area contributed by atoms with Crippen molar-refractivity contribution in [2.75, 3.05) is 11.9 Å². The molecule has 0 atom stereocenters. The maximum atomic E-state index is 12.2. The molecule has 0 spiro atoms. The molecule has 0 radical (unpaired) electrons. The number of carbonyl (C=O) groups excluding carboxylic acids is 2. The SMILES string of the molecule is CC(=O)c1cccc(OCC(=O)Nc2ccc3c(c2)Cc2ccccc2-3)c1. The number of fused-ring (bicyclic) bond motifs is 3. The second-order valence-corrected chi connectivity index (χ2v) is 6.63. The first-order valence-corrected chi connectivity index (χ1v) is 8.85. The summed E-state index contributed by atoms with van der Waals surface area (Å²) in [6.45, 7) is 1.39. The van der Waals surface area contributed by atoms with Crippen molar-refractivity contribution in [3.05, 3.63) is 83.4 Å². The van der Waals surface area contributed by atoms with Crippen molar-refractivity contribution in [2.45, 2.75) is 13.3 Å². The first-order valence-electron chi connectivity index (χ1n) is 8.85. The number of hydrogen-bond acceptors (Lipinski definition) is 3. The molecule has 134 valence electrons. The van der Waals surface area contributed by atoms with Gasteiger partial charge in [0.2, 0.25) is 0 Å². The fourth-order valence-corrected chi connectivity index (χ4v) is 3.37. The van der Waals surface area contributed by atoms with Crippen molar-refractivity contribution in [3.8, 4) is 16.9 Å². The quantitative estimate of drug-likeness (QED) is 0.536. The summed E-state index contributed by atoms with van der Waals surface area (Å²) in [4.78, 5) is 23.6. The van der Waals surface area contributed by atoms with Gasteiger partial charge in [-0.3, -0.25) is 9.59 Å². The Hall–Kier alpha value is -3.40. The Morgan fingerprint density at radius 2 is 1.74 bits per heavy atom. The number of ketones is 1. The van der Waals surface area contributed by atoms with Crippen molar-refractivity contribution >= 4 is 17.4 Å². The highest BCUT2D eigenvalue weighted by atomic mass is 16.5. The lowest BCUT2D eigenvalue weighted by Crippen LogP contribution is -2.20. The van der Waals surface area contributed by atoms with E-state index in [0.29, 0.717) is 11.3 Å². The number of ether oxygens (including phenoxy) is 1. The maximum Gasteiger partial charge on any atom is 0.262 e. The molecule has 0 saturated carbocycles. The third kappa shape index (κ3) is 3.60. The maximum absolute atomic E-state index is 12.2. The van der Waals surface area contributed by atoms with E-state index in [1.807, 2.05) is 30.3 Å². The number of rotatable bonds is 5. The predicted octanol–water partition coefficient (Wildman–Crippen LogP) is 4.48. The molecular formula is C23H19NO3. The molecular weight excluding hydrogens is 338 g/mol. The second kappa shape index (κ2) is 7.08. The summed E-state index contributed by atoms with van der Waals surface area (Å²) in [6, 6.07) is 21.2. The van der Waals surface area contributed by atoms with Gasteiger partial charge in [-0.15, -0.1) is 0 Å². The fourth-order valence-electron chi connectivity index (χ4n) is 3.37. The smallest absolute Gasteiger partial charge is 0.262 e. The van der Waals surface area contributed by atoms with Crippen LogP contribution in [0.5, 0.6) is 5.75 Å². The van der Waals surface area contributed by atoms with Gasteiger partial charge in [-0.05, 0) is 59.9 Å². The van der Waals surface area contributed by atoms with Crippen molar-refractivity contribution in [2.24, 2.45) is 0 Å². The summed E-state index contributed by atoms with van der Waals surface area (Å²) in [5, 5.41) is 2.88. The van der Waals surface area contributed by atoms with Crippen LogP contribution in [0.15, 0.2) is 66.7 Å². The van der Waals surface area contributed by atoms with E-state index in [2.05, 4.69) is 17.4 Å². The molecule has 4 nitrogen and oxygen atoms in total. The first kappa shape index (κ1) is 17.0. The van der Waals surface area contributed by atoms with Crippen LogP contribution < -0.4 is 10.1 Å². The highest BCUT2D eigenvalue weighted by Crippen LogP contribution is 2.37. The van der Waals surface area contributed by atoms with Crippen LogP contribution in [0.1, 0.15) is 28.4 Å². The van der Waals surface area contributed by atoms with E-state index >= 15 is 0 Å². The van der Waals surface area contributed by atoms with Gasteiger partial charge in [-0.2, -0.15) is 0 Å². The molecule has 0 saturated heterocycles. The number of amides is 1. The van der Waals surface area contributed by atoms with E-state index in [1.165, 1.54) is 29.2 Å². The molecule has 4 heteroatoms. The minimum Gasteiger partial charge on any atom is -0.484 e. The van der Waals surface area contributed by atoms with Gasteiger partial charge in [0.25, 0.3) is 5.91 Å². The molecule has 1 N–H and O–H groups in total. The van der Waals surface area contributed by atoms with Crippen LogP contribution in [0.25, 0.3) is 11.1 Å². The van der Waals surface area contributed by atoms with Gasteiger partial charge < -0.3 is 10.1 Å². The molecule has 0 aromatic heterocycles. The van der Waals surface area contributed by atoms with Crippen molar-refractivity contribution < 1.29 is 14.3 Å². The largest absolute Gasteiger partial charge is 0.484 e. The Bertz CT molecular complexity index is 1040. The molecule has 3 aromatic rings. The zero-order valence-electron chi connectivity index (χ0n) is 15.0. The number of carbonyl (C=O) groups is 2. The average Bonchev–Trinajstić information content (AvgIpc) is 3.04. The number of benzene rings is 3. The van der Waals surface area contributed by atoms with Crippen LogP contribution in [0.2, 0.25) is 0 Å². The van der Waals surface area contributed by atoms with Gasteiger partial charge in [0.15, 0.2) is 12.4 Å². The molecule has 0 aliphatic heterocycles. The average molecular weight is 357 g/mol. The van der Waals surface area contributed by atoms with Gasteiger partial charge in [0.1, 0.15) is 5.75 Å². The van der Waals surface area contributed by atoms with Gasteiger partial charge in [0.05, 0.1) is 0 Å². The van der Waals surface area contributed by atoms with E-state index in [1.54, 1.807) is 24.3 Å². The minimum absolute atomic E-state index is 0.0379. The summed E-state index contributed by atoms with van der Waals surface area (Å²) in [7, 11) is 0. The number of Topliss-reactive ketones (excluding diaryl/α,β-unsaturated/α-hetero) is 1. The minimum atomic E-state index is -0.237. The fraction of sp³-hybridized carbons (Fsp3) is 0.130. The Balaban J connectivity index is 1.40. The lowest BCUT2D eigenvalue weighted by molar-refractivity contribution is -0.118. The van der Waals surface area contributed by atoms with Crippen LogP contribution in [0, 0.1) is 0 Å². The normalized spacial score (nSPS) is 11.4. The Labute approximate surface area is 157 Å². The molecule has 0 fully saturated rings. The lowest BCUT2D eigenvalue weighted by atomic mass is 10.1. The number of hydrogen-bond donors (Lipinski definition) is 1.